The Morgan fingerprint density at radius 1 is 1.36 bits per heavy atom. The van der Waals surface area contributed by atoms with E-state index in [1.807, 2.05) is 0 Å². The fourth-order valence-electron chi connectivity index (χ4n) is 0.874. The Morgan fingerprint density at radius 3 is 2.57 bits per heavy atom. The Kier molecular flexibility index (Phi) is 2.70. The van der Waals surface area contributed by atoms with Gasteiger partial charge in [-0.3, -0.25) is 0 Å². The third kappa shape index (κ3) is 1.87. The molecule has 0 N–H and O–H groups in total. The van der Waals surface area contributed by atoms with Crippen molar-refractivity contribution in [3.05, 3.63) is 29.6 Å². The van der Waals surface area contributed by atoms with Crippen LogP contribution in [0, 0.1) is 0 Å². The van der Waals surface area contributed by atoms with E-state index in [-0.39, 0.29) is 17.3 Å². The fraction of sp³-hybridized carbons (Fsp3) is 0.222. The highest BCUT2D eigenvalue weighted by molar-refractivity contribution is 6.01. The molecule has 5 nitrogen and oxygen atoms in total. The highest BCUT2D eigenvalue weighted by atomic mass is 16.5. The minimum atomic E-state index is -0.784. The van der Waals surface area contributed by atoms with Crippen molar-refractivity contribution in [1.29, 1.82) is 0 Å². The highest BCUT2D eigenvalue weighted by Crippen LogP contribution is 2.07. The van der Waals surface area contributed by atoms with Crippen LogP contribution in [0.15, 0.2) is 18.3 Å². The van der Waals surface area contributed by atoms with Crippen LogP contribution in [-0.2, 0) is 9.47 Å². The maximum atomic E-state index is 11.3. The topological polar surface area (TPSA) is 65.5 Å². The van der Waals surface area contributed by atoms with Crippen molar-refractivity contribution >= 4 is 11.9 Å². The lowest BCUT2D eigenvalue weighted by atomic mass is 10.2. The van der Waals surface area contributed by atoms with Crippen LogP contribution in [0.3, 0.4) is 0 Å². The summed E-state index contributed by atoms with van der Waals surface area (Å²) in [6.45, 7) is 0. The lowest BCUT2D eigenvalue weighted by Crippen LogP contribution is -2.13. The van der Waals surface area contributed by atoms with Gasteiger partial charge in [-0.25, -0.2) is 14.6 Å². The number of esters is 2. The Balaban J connectivity index is 3.32. The zero-order valence-corrected chi connectivity index (χ0v) is 7.73. The lowest BCUT2D eigenvalue weighted by molar-refractivity contribution is 0.0550. The van der Waals surface area contributed by atoms with Gasteiger partial charge >= 0.3 is 11.9 Å². The van der Waals surface area contributed by atoms with Crippen LogP contribution in [0.25, 0.3) is 0 Å². The summed E-state index contributed by atoms with van der Waals surface area (Å²) in [5.41, 5.74) is -0.399. The van der Waals surface area contributed by atoms with Gasteiger partial charge < -0.3 is 9.47 Å². The van der Waals surface area contributed by atoms with Crippen LogP contribution in [-0.4, -0.2) is 31.1 Å². The van der Waals surface area contributed by atoms with Crippen LogP contribution in [0.1, 0.15) is 22.2 Å². The van der Waals surface area contributed by atoms with Crippen molar-refractivity contribution in [3.8, 4) is 0 Å². The summed E-state index contributed by atoms with van der Waals surface area (Å²) in [4.78, 5) is 26.2. The summed E-state index contributed by atoms with van der Waals surface area (Å²) in [5.74, 6) is -1.56. The van der Waals surface area contributed by atoms with Crippen molar-refractivity contribution in [2.45, 2.75) is 0 Å². The first-order valence-electron chi connectivity index (χ1n) is 4.24. The Morgan fingerprint density at radius 2 is 2.00 bits per heavy atom. The molecule has 1 aromatic rings. The number of ether oxygens (including phenoxy) is 2. The van der Waals surface area contributed by atoms with Gasteiger partial charge in [-0.2, -0.15) is 0 Å². The summed E-state index contributed by atoms with van der Waals surface area (Å²) in [5, 5.41) is 0. The quantitative estimate of drug-likeness (QED) is 0.650. The first kappa shape index (κ1) is 8.68. The van der Waals surface area contributed by atoms with Crippen molar-refractivity contribution < 1.29 is 20.4 Å². The molecule has 0 radical (unpaired) electrons. The van der Waals surface area contributed by atoms with E-state index in [0.29, 0.717) is 0 Å². The van der Waals surface area contributed by atoms with Crippen LogP contribution in [0.4, 0.5) is 0 Å². The number of hydrogen-bond acceptors (Lipinski definition) is 5. The minimum absolute atomic E-state index is 0.128. The van der Waals surface area contributed by atoms with Crippen LogP contribution in [0.2, 0.25) is 0 Å². The molecule has 0 saturated heterocycles. The first-order chi connectivity index (χ1) is 7.11. The van der Waals surface area contributed by atoms with Gasteiger partial charge in [0.05, 0.1) is 21.2 Å². The SMILES string of the molecule is [2H]c1ccnc(C(=O)OC)c1C(=O)OC. The number of methoxy groups -OCH3 is 2. The molecule has 0 aliphatic heterocycles. The van der Waals surface area contributed by atoms with Gasteiger partial charge in [0.25, 0.3) is 0 Å². The third-order valence-corrected chi connectivity index (χ3v) is 1.51. The normalized spacial score (nSPS) is 10.3. The van der Waals surface area contributed by atoms with Gasteiger partial charge in [0.1, 0.15) is 0 Å². The molecule has 14 heavy (non-hydrogen) atoms. The molecule has 1 heterocycles. The predicted molar refractivity (Wildman–Crippen MR) is 46.9 cm³/mol. The van der Waals surface area contributed by atoms with Gasteiger partial charge in [-0.05, 0) is 12.1 Å². The standard InChI is InChI=1S/C9H9NO4/c1-13-8(11)6-4-3-5-10-7(6)9(12)14-2/h3-5H,1-2H3/i4D. The van der Waals surface area contributed by atoms with Crippen LogP contribution < -0.4 is 0 Å². The average Bonchev–Trinajstić information content (AvgIpc) is 2.26. The monoisotopic (exact) mass is 196 g/mol. The largest absolute Gasteiger partial charge is 0.465 e. The van der Waals surface area contributed by atoms with E-state index < -0.39 is 11.9 Å². The molecular formula is C9H9NO4. The van der Waals surface area contributed by atoms with Gasteiger partial charge in [0.2, 0.25) is 0 Å². The van der Waals surface area contributed by atoms with E-state index in [1.165, 1.54) is 19.4 Å². The van der Waals surface area contributed by atoms with Crippen molar-refractivity contribution in [2.75, 3.05) is 14.2 Å². The molecule has 74 valence electrons. The molecule has 0 aliphatic rings. The molecule has 5 heteroatoms. The zero-order valence-electron chi connectivity index (χ0n) is 8.73. The van der Waals surface area contributed by atoms with E-state index in [4.69, 9.17) is 1.37 Å². The second kappa shape index (κ2) is 4.36. The maximum Gasteiger partial charge on any atom is 0.357 e. The molecule has 1 aromatic heterocycles. The highest BCUT2D eigenvalue weighted by Gasteiger charge is 2.18. The van der Waals surface area contributed by atoms with Crippen molar-refractivity contribution in [1.82, 2.24) is 4.98 Å². The number of aromatic nitrogens is 1. The summed E-state index contributed by atoms with van der Waals surface area (Å²) in [6.07, 6.45) is 1.25. The number of pyridine rings is 1. The van der Waals surface area contributed by atoms with Gasteiger partial charge in [-0.1, -0.05) is 0 Å². The van der Waals surface area contributed by atoms with Gasteiger partial charge in [0.15, 0.2) is 5.69 Å². The Hall–Kier alpha value is -1.91. The number of carbonyl (C=O) groups is 2. The van der Waals surface area contributed by atoms with E-state index in [9.17, 15) is 9.59 Å². The molecule has 0 bridgehead atoms. The molecular weight excluding hydrogens is 186 g/mol. The number of nitrogens with zero attached hydrogens (tertiary/aromatic N) is 1. The minimum Gasteiger partial charge on any atom is -0.465 e. The van der Waals surface area contributed by atoms with Crippen LogP contribution in [0.5, 0.6) is 0 Å². The summed E-state index contributed by atoms with van der Waals surface area (Å²) in [6, 6.07) is 1.16. The van der Waals surface area contributed by atoms with Crippen molar-refractivity contribution in [2.24, 2.45) is 0 Å². The molecule has 0 spiro atoms. The molecule has 0 aromatic carbocycles. The fourth-order valence-corrected chi connectivity index (χ4v) is 0.874. The number of rotatable bonds is 2. The first-order valence-corrected chi connectivity index (χ1v) is 3.74. The van der Waals surface area contributed by atoms with Crippen molar-refractivity contribution in [3.63, 3.8) is 0 Å². The van der Waals surface area contributed by atoms with E-state index >= 15 is 0 Å². The van der Waals surface area contributed by atoms with E-state index in [2.05, 4.69) is 14.5 Å². The zero-order chi connectivity index (χ0) is 11.4. The van der Waals surface area contributed by atoms with Gasteiger partial charge in [-0.15, -0.1) is 0 Å². The number of hydrogen-bond donors (Lipinski definition) is 0. The van der Waals surface area contributed by atoms with Crippen LogP contribution >= 0.6 is 0 Å². The lowest BCUT2D eigenvalue weighted by Gasteiger charge is -2.03. The Labute approximate surface area is 82.1 Å². The molecule has 0 aliphatic carbocycles. The van der Waals surface area contributed by atoms with Gasteiger partial charge in [0, 0.05) is 6.20 Å². The van der Waals surface area contributed by atoms with E-state index in [0.717, 1.165) is 7.11 Å². The summed E-state index contributed by atoms with van der Waals surface area (Å²) in [7, 11) is 2.33. The third-order valence-electron chi connectivity index (χ3n) is 1.51. The number of carbonyl (C=O) groups excluding carboxylic acids is 2. The molecule has 1 rings (SSSR count). The Bertz CT molecular complexity index is 405. The smallest absolute Gasteiger partial charge is 0.357 e. The average molecular weight is 196 g/mol. The second-order valence-corrected chi connectivity index (χ2v) is 2.30. The summed E-state index contributed by atoms with van der Waals surface area (Å²) < 4.78 is 16.3. The molecule has 0 saturated carbocycles. The molecule has 0 atom stereocenters. The maximum absolute atomic E-state index is 11.3. The summed E-state index contributed by atoms with van der Waals surface area (Å²) >= 11 is 0. The molecule has 0 unspecified atom stereocenters. The molecule has 0 fully saturated rings. The molecule has 0 amide bonds. The second-order valence-electron chi connectivity index (χ2n) is 2.30. The van der Waals surface area contributed by atoms with E-state index in [1.54, 1.807) is 0 Å². The predicted octanol–water partition coefficient (Wildman–Crippen LogP) is 0.655.